The molecule has 10 rings (SSSR count). The Hall–Kier alpha value is -6.97. The maximum absolute atomic E-state index is 6.63. The highest BCUT2D eigenvalue weighted by molar-refractivity contribution is 6.15. The molecule has 0 N–H and O–H groups in total. The van der Waals surface area contributed by atoms with Crippen molar-refractivity contribution in [3.05, 3.63) is 194 Å². The summed E-state index contributed by atoms with van der Waals surface area (Å²) < 4.78 is 6.63. The molecule has 0 atom stereocenters. The molecule has 244 valence electrons. The summed E-state index contributed by atoms with van der Waals surface area (Å²) in [5.41, 5.74) is 12.0. The van der Waals surface area contributed by atoms with Crippen LogP contribution in [0.2, 0.25) is 0 Å². The van der Waals surface area contributed by atoms with Crippen LogP contribution in [0, 0.1) is 0 Å². The molecule has 2 aromatic heterocycles. The Kier molecular flexibility index (Phi) is 7.14. The van der Waals surface area contributed by atoms with Crippen molar-refractivity contribution in [2.45, 2.75) is 0 Å². The van der Waals surface area contributed by atoms with Gasteiger partial charge in [-0.1, -0.05) is 127 Å². The molecule has 0 radical (unpaired) electrons. The number of hydrogen-bond donors (Lipinski definition) is 0. The Balaban J connectivity index is 1.09. The van der Waals surface area contributed by atoms with E-state index in [-0.39, 0.29) is 0 Å². The lowest BCUT2D eigenvalue weighted by Gasteiger charge is -2.26. The third-order valence-electron chi connectivity index (χ3n) is 10.1. The van der Waals surface area contributed by atoms with Crippen LogP contribution in [0.4, 0.5) is 17.1 Å². The number of fused-ring (bicyclic) bond motifs is 6. The second-order valence-electron chi connectivity index (χ2n) is 13.2. The average Bonchev–Trinajstić information content (AvgIpc) is 3.60. The Bertz CT molecular complexity index is 2900. The van der Waals surface area contributed by atoms with Crippen LogP contribution in [0.3, 0.4) is 0 Å². The molecular weight excluding hydrogens is 633 g/mol. The molecule has 3 nitrogen and oxygen atoms in total. The molecule has 0 spiro atoms. The van der Waals surface area contributed by atoms with Gasteiger partial charge in [0.15, 0.2) is 0 Å². The molecule has 8 aromatic carbocycles. The molecule has 0 fully saturated rings. The predicted molar refractivity (Wildman–Crippen MR) is 218 cm³/mol. The van der Waals surface area contributed by atoms with Gasteiger partial charge >= 0.3 is 0 Å². The highest BCUT2D eigenvalue weighted by Crippen LogP contribution is 2.42. The largest absolute Gasteiger partial charge is 0.455 e. The van der Waals surface area contributed by atoms with Crippen LogP contribution in [0.1, 0.15) is 0 Å². The number of benzene rings is 8. The van der Waals surface area contributed by atoms with Gasteiger partial charge in [-0.2, -0.15) is 0 Å². The van der Waals surface area contributed by atoms with Crippen molar-refractivity contribution in [2.75, 3.05) is 4.90 Å². The first-order chi connectivity index (χ1) is 25.8. The average molecular weight is 665 g/mol. The topological polar surface area (TPSA) is 29.3 Å². The third-order valence-corrected chi connectivity index (χ3v) is 10.1. The summed E-state index contributed by atoms with van der Waals surface area (Å²) in [6.45, 7) is 0. The van der Waals surface area contributed by atoms with E-state index in [0.29, 0.717) is 0 Å². The van der Waals surface area contributed by atoms with Crippen LogP contribution in [0.15, 0.2) is 199 Å². The van der Waals surface area contributed by atoms with Crippen molar-refractivity contribution in [1.29, 1.82) is 0 Å². The molecule has 0 unspecified atom stereocenters. The second-order valence-corrected chi connectivity index (χ2v) is 13.2. The lowest BCUT2D eigenvalue weighted by atomic mass is 9.96. The van der Waals surface area contributed by atoms with E-state index < -0.39 is 0 Å². The summed E-state index contributed by atoms with van der Waals surface area (Å²) in [7, 11) is 0. The van der Waals surface area contributed by atoms with Crippen molar-refractivity contribution in [3.63, 3.8) is 0 Å². The zero-order valence-electron chi connectivity index (χ0n) is 28.3. The van der Waals surface area contributed by atoms with Gasteiger partial charge < -0.3 is 9.32 Å². The van der Waals surface area contributed by atoms with Gasteiger partial charge in [0, 0.05) is 57.1 Å². The molecule has 0 bridgehead atoms. The summed E-state index contributed by atoms with van der Waals surface area (Å²) in [4.78, 5) is 6.64. The molecule has 0 aliphatic carbocycles. The van der Waals surface area contributed by atoms with Crippen molar-refractivity contribution in [2.24, 2.45) is 0 Å². The van der Waals surface area contributed by atoms with E-state index in [4.69, 9.17) is 4.42 Å². The Morgan fingerprint density at radius 2 is 1.02 bits per heavy atom. The zero-order valence-corrected chi connectivity index (χ0v) is 28.3. The lowest BCUT2D eigenvalue weighted by Crippen LogP contribution is -2.10. The normalized spacial score (nSPS) is 11.5. The molecule has 10 aromatic rings. The zero-order chi connectivity index (χ0) is 34.4. The number of aromatic nitrogens is 1. The lowest BCUT2D eigenvalue weighted by molar-refractivity contribution is 0.672. The van der Waals surface area contributed by atoms with Crippen molar-refractivity contribution in [3.8, 4) is 33.4 Å². The third kappa shape index (κ3) is 5.19. The summed E-state index contributed by atoms with van der Waals surface area (Å²) in [5, 5.41) is 6.84. The summed E-state index contributed by atoms with van der Waals surface area (Å²) in [6.07, 6.45) is 3.71. The van der Waals surface area contributed by atoms with E-state index in [0.717, 1.165) is 66.5 Å². The fraction of sp³-hybridized carbons (Fsp3) is 0. The number of pyridine rings is 1. The molecule has 3 heteroatoms. The molecule has 0 aliphatic rings. The standard InChI is InChI=1S/C49H32N2O/c1-2-9-33(10-3-1)37-13-6-15-40(29-37)51(42-24-26-46-47-25-23-39-32-50-28-27-45(39)49(47)52-48(46)31-42)41-16-7-14-38(30-41)34-19-21-36(22-20-34)44-18-8-12-35-11-4-5-17-43(35)44/h1-32H. The van der Waals surface area contributed by atoms with Gasteiger partial charge in [-0.15, -0.1) is 0 Å². The first kappa shape index (κ1) is 29.9. The molecular formula is C49H32N2O. The Labute approximate surface area is 301 Å². The number of hydrogen-bond acceptors (Lipinski definition) is 3. The SMILES string of the molecule is c1ccc(-c2cccc(N(c3cccc(-c4ccc(-c5cccc6ccccc56)cc4)c3)c3ccc4c(c3)oc3c5ccncc5ccc43)c2)cc1. The number of rotatable bonds is 6. The molecule has 0 amide bonds. The first-order valence-corrected chi connectivity index (χ1v) is 17.6. The highest BCUT2D eigenvalue weighted by atomic mass is 16.3. The minimum Gasteiger partial charge on any atom is -0.455 e. The predicted octanol–water partition coefficient (Wildman–Crippen LogP) is 13.8. The summed E-state index contributed by atoms with van der Waals surface area (Å²) >= 11 is 0. The number of anilines is 3. The van der Waals surface area contributed by atoms with Gasteiger partial charge in [-0.25, -0.2) is 0 Å². The molecule has 0 saturated heterocycles. The van der Waals surface area contributed by atoms with Crippen molar-refractivity contribution < 1.29 is 4.42 Å². The number of furan rings is 1. The van der Waals surface area contributed by atoms with E-state index in [1.807, 2.05) is 18.5 Å². The maximum atomic E-state index is 6.63. The minimum atomic E-state index is 0.848. The summed E-state index contributed by atoms with van der Waals surface area (Å²) in [5.74, 6) is 0. The van der Waals surface area contributed by atoms with Crippen LogP contribution in [-0.4, -0.2) is 4.98 Å². The van der Waals surface area contributed by atoms with Crippen LogP contribution in [-0.2, 0) is 0 Å². The smallest absolute Gasteiger partial charge is 0.143 e. The van der Waals surface area contributed by atoms with Crippen molar-refractivity contribution >= 4 is 60.5 Å². The highest BCUT2D eigenvalue weighted by Gasteiger charge is 2.18. The van der Waals surface area contributed by atoms with Gasteiger partial charge in [-0.05, 0) is 92.7 Å². The van der Waals surface area contributed by atoms with E-state index in [1.54, 1.807) is 0 Å². The molecule has 0 aliphatic heterocycles. The van der Waals surface area contributed by atoms with Gasteiger partial charge in [-0.3, -0.25) is 4.98 Å². The van der Waals surface area contributed by atoms with Gasteiger partial charge in [0.25, 0.3) is 0 Å². The Morgan fingerprint density at radius 3 is 1.83 bits per heavy atom. The van der Waals surface area contributed by atoms with Crippen LogP contribution in [0.5, 0.6) is 0 Å². The van der Waals surface area contributed by atoms with Crippen LogP contribution >= 0.6 is 0 Å². The van der Waals surface area contributed by atoms with Gasteiger partial charge in [0.05, 0.1) is 0 Å². The Morgan fingerprint density at radius 1 is 0.385 bits per heavy atom. The first-order valence-electron chi connectivity index (χ1n) is 17.6. The van der Waals surface area contributed by atoms with E-state index in [9.17, 15) is 0 Å². The van der Waals surface area contributed by atoms with E-state index in [2.05, 4.69) is 186 Å². The minimum absolute atomic E-state index is 0.848. The molecule has 2 heterocycles. The fourth-order valence-electron chi connectivity index (χ4n) is 7.58. The fourth-order valence-corrected chi connectivity index (χ4v) is 7.58. The van der Waals surface area contributed by atoms with Crippen molar-refractivity contribution in [1.82, 2.24) is 4.98 Å². The maximum Gasteiger partial charge on any atom is 0.143 e. The summed E-state index contributed by atoms with van der Waals surface area (Å²) in [6, 6.07) is 65.0. The van der Waals surface area contributed by atoms with E-state index in [1.165, 1.54) is 27.5 Å². The monoisotopic (exact) mass is 664 g/mol. The van der Waals surface area contributed by atoms with E-state index >= 15 is 0 Å². The quantitative estimate of drug-likeness (QED) is 0.177. The van der Waals surface area contributed by atoms with Crippen LogP contribution in [0.25, 0.3) is 76.9 Å². The second kappa shape index (κ2) is 12.4. The van der Waals surface area contributed by atoms with Gasteiger partial charge in [0.1, 0.15) is 11.2 Å². The number of nitrogens with zero attached hydrogens (tertiary/aromatic N) is 2. The molecule has 0 saturated carbocycles. The van der Waals surface area contributed by atoms with Crippen LogP contribution < -0.4 is 4.90 Å². The van der Waals surface area contributed by atoms with Gasteiger partial charge in [0.2, 0.25) is 0 Å². The molecule has 52 heavy (non-hydrogen) atoms.